The second-order valence-corrected chi connectivity index (χ2v) is 10.2. The van der Waals surface area contributed by atoms with E-state index in [1.165, 1.54) is 29.4 Å². The van der Waals surface area contributed by atoms with Gasteiger partial charge in [0.05, 0.1) is 23.3 Å². The first-order valence-electron chi connectivity index (χ1n) is 10.2. The van der Waals surface area contributed by atoms with Gasteiger partial charge in [0.2, 0.25) is 15.9 Å². The van der Waals surface area contributed by atoms with Gasteiger partial charge in [-0.25, -0.2) is 18.5 Å². The van der Waals surface area contributed by atoms with Gasteiger partial charge in [-0.3, -0.25) is 14.4 Å². The predicted molar refractivity (Wildman–Crippen MR) is 126 cm³/mol. The molecule has 0 radical (unpaired) electrons. The van der Waals surface area contributed by atoms with Crippen molar-refractivity contribution >= 4 is 49.4 Å². The van der Waals surface area contributed by atoms with Crippen LogP contribution in [-0.4, -0.2) is 43.6 Å². The van der Waals surface area contributed by atoms with Crippen LogP contribution >= 0.6 is 15.9 Å². The lowest BCUT2D eigenvalue weighted by atomic mass is 10.1. The Hall–Kier alpha value is -3.28. The number of hydrogen-bond donors (Lipinski definition) is 1. The summed E-state index contributed by atoms with van der Waals surface area (Å²) in [6.07, 6.45) is 1.51. The van der Waals surface area contributed by atoms with E-state index in [0.717, 1.165) is 14.9 Å². The standard InChI is InChI=1S/C23H20BrN3O6S/c24-16-5-7-17(8-6-16)27-21(28)14-19(22(27)29)26(23(30)20-2-1-13-33-20)12-11-15-3-9-18(10-4-15)34(25,31)32/h1-10,13,19H,11-12,14H2,(H2,25,31,32). The van der Waals surface area contributed by atoms with Crippen LogP contribution in [-0.2, 0) is 26.0 Å². The van der Waals surface area contributed by atoms with E-state index in [1.54, 1.807) is 42.5 Å². The monoisotopic (exact) mass is 545 g/mol. The highest BCUT2D eigenvalue weighted by molar-refractivity contribution is 9.10. The number of primary sulfonamides is 1. The van der Waals surface area contributed by atoms with E-state index < -0.39 is 33.8 Å². The zero-order valence-electron chi connectivity index (χ0n) is 17.8. The van der Waals surface area contributed by atoms with E-state index >= 15 is 0 Å². The van der Waals surface area contributed by atoms with E-state index in [4.69, 9.17) is 9.56 Å². The summed E-state index contributed by atoms with van der Waals surface area (Å²) in [7, 11) is -3.82. The van der Waals surface area contributed by atoms with Crippen LogP contribution in [0.1, 0.15) is 22.5 Å². The second-order valence-electron chi connectivity index (χ2n) is 7.68. The number of carbonyl (C=O) groups excluding carboxylic acids is 3. The van der Waals surface area contributed by atoms with Crippen molar-refractivity contribution in [2.75, 3.05) is 11.4 Å². The minimum absolute atomic E-state index is 0.0264. The molecule has 1 aliphatic rings. The van der Waals surface area contributed by atoms with Crippen molar-refractivity contribution in [2.45, 2.75) is 23.8 Å². The highest BCUT2D eigenvalue weighted by atomic mass is 79.9. The number of halogens is 1. The summed E-state index contributed by atoms with van der Waals surface area (Å²) >= 11 is 3.33. The number of furan rings is 1. The Morgan fingerprint density at radius 1 is 1.09 bits per heavy atom. The van der Waals surface area contributed by atoms with E-state index in [-0.39, 0.29) is 23.6 Å². The summed E-state index contributed by atoms with van der Waals surface area (Å²) in [4.78, 5) is 41.6. The lowest BCUT2D eigenvalue weighted by molar-refractivity contribution is -0.122. The van der Waals surface area contributed by atoms with Gasteiger partial charge >= 0.3 is 0 Å². The molecule has 1 fully saturated rings. The lowest BCUT2D eigenvalue weighted by Crippen LogP contribution is -2.46. The van der Waals surface area contributed by atoms with Gasteiger partial charge in [-0.05, 0) is 60.5 Å². The first-order chi connectivity index (χ1) is 16.1. The van der Waals surface area contributed by atoms with Gasteiger partial charge in [0.15, 0.2) is 5.76 Å². The summed E-state index contributed by atoms with van der Waals surface area (Å²) < 4.78 is 29.0. The van der Waals surface area contributed by atoms with Gasteiger partial charge in [0, 0.05) is 11.0 Å². The fraction of sp³-hybridized carbons (Fsp3) is 0.174. The smallest absolute Gasteiger partial charge is 0.290 e. The molecule has 3 aromatic rings. The first-order valence-corrected chi connectivity index (χ1v) is 12.6. The van der Waals surface area contributed by atoms with Gasteiger partial charge in [-0.2, -0.15) is 0 Å². The van der Waals surface area contributed by atoms with Crippen molar-refractivity contribution in [1.82, 2.24) is 4.90 Å². The van der Waals surface area contributed by atoms with Gasteiger partial charge in [-0.15, -0.1) is 0 Å². The molecule has 11 heteroatoms. The number of rotatable bonds is 7. The Morgan fingerprint density at radius 3 is 2.35 bits per heavy atom. The summed E-state index contributed by atoms with van der Waals surface area (Å²) in [5.41, 5.74) is 1.15. The van der Waals surface area contributed by atoms with Crippen LogP contribution in [0, 0.1) is 0 Å². The number of carbonyl (C=O) groups is 3. The number of hydrogen-bond acceptors (Lipinski definition) is 6. The SMILES string of the molecule is NS(=O)(=O)c1ccc(CCN(C(=O)c2ccco2)C2CC(=O)N(c3ccc(Br)cc3)C2=O)cc1. The molecule has 0 aliphatic carbocycles. The van der Waals surface area contributed by atoms with Crippen molar-refractivity contribution in [3.63, 3.8) is 0 Å². The molecule has 2 heterocycles. The Balaban J connectivity index is 1.59. The topological polar surface area (TPSA) is 131 Å². The summed E-state index contributed by atoms with van der Waals surface area (Å²) in [6.45, 7) is 0.103. The maximum atomic E-state index is 13.3. The number of benzene rings is 2. The Labute approximate surface area is 204 Å². The van der Waals surface area contributed by atoms with E-state index in [9.17, 15) is 22.8 Å². The highest BCUT2D eigenvalue weighted by Crippen LogP contribution is 2.28. The normalized spacial score (nSPS) is 16.2. The summed E-state index contributed by atoms with van der Waals surface area (Å²) in [6, 6.07) is 14.7. The molecule has 3 amide bonds. The van der Waals surface area contributed by atoms with E-state index in [2.05, 4.69) is 15.9 Å². The fourth-order valence-corrected chi connectivity index (χ4v) is 4.54. The number of nitrogens with zero attached hydrogens (tertiary/aromatic N) is 2. The molecule has 0 saturated carbocycles. The molecule has 4 rings (SSSR count). The molecule has 2 N–H and O–H groups in total. The Bertz CT molecular complexity index is 1320. The maximum Gasteiger partial charge on any atom is 0.290 e. The molecule has 2 aromatic carbocycles. The van der Waals surface area contributed by atoms with Crippen molar-refractivity contribution < 1.29 is 27.2 Å². The number of nitrogens with two attached hydrogens (primary N) is 1. The Morgan fingerprint density at radius 2 is 1.76 bits per heavy atom. The molecule has 176 valence electrons. The van der Waals surface area contributed by atoms with Crippen LogP contribution < -0.4 is 10.0 Å². The molecule has 1 aliphatic heterocycles. The largest absolute Gasteiger partial charge is 0.459 e. The summed E-state index contributed by atoms with van der Waals surface area (Å²) in [5.74, 6) is -1.38. The van der Waals surface area contributed by atoms with Crippen molar-refractivity contribution in [2.24, 2.45) is 5.14 Å². The molecule has 0 bridgehead atoms. The van der Waals surface area contributed by atoms with Crippen LogP contribution in [0.3, 0.4) is 0 Å². The van der Waals surface area contributed by atoms with Gasteiger partial charge in [-0.1, -0.05) is 28.1 Å². The van der Waals surface area contributed by atoms with Crippen LogP contribution in [0.25, 0.3) is 0 Å². The molecule has 1 aromatic heterocycles. The molecule has 34 heavy (non-hydrogen) atoms. The second kappa shape index (κ2) is 9.53. The van der Waals surface area contributed by atoms with Crippen molar-refractivity contribution in [3.8, 4) is 0 Å². The third kappa shape index (κ3) is 4.96. The maximum absolute atomic E-state index is 13.3. The van der Waals surface area contributed by atoms with Crippen LogP contribution in [0.2, 0.25) is 0 Å². The van der Waals surface area contributed by atoms with E-state index in [1.807, 2.05) is 0 Å². The molecule has 0 spiro atoms. The third-order valence-electron chi connectivity index (χ3n) is 5.47. The quantitative estimate of drug-likeness (QED) is 0.454. The molecular weight excluding hydrogens is 526 g/mol. The van der Waals surface area contributed by atoms with Gasteiger partial charge < -0.3 is 9.32 Å². The van der Waals surface area contributed by atoms with Gasteiger partial charge in [0.25, 0.3) is 11.8 Å². The minimum atomic E-state index is -3.82. The van der Waals surface area contributed by atoms with Crippen LogP contribution in [0.15, 0.2) is 80.7 Å². The molecule has 9 nitrogen and oxygen atoms in total. The molecule has 1 saturated heterocycles. The zero-order chi connectivity index (χ0) is 24.5. The van der Waals surface area contributed by atoms with Crippen molar-refractivity contribution in [3.05, 3.63) is 82.7 Å². The lowest BCUT2D eigenvalue weighted by Gasteiger charge is -2.27. The number of anilines is 1. The summed E-state index contributed by atoms with van der Waals surface area (Å²) in [5, 5.41) is 5.14. The van der Waals surface area contributed by atoms with Gasteiger partial charge in [0.1, 0.15) is 6.04 Å². The zero-order valence-corrected chi connectivity index (χ0v) is 20.2. The third-order valence-corrected chi connectivity index (χ3v) is 6.93. The minimum Gasteiger partial charge on any atom is -0.459 e. The predicted octanol–water partition coefficient (Wildman–Crippen LogP) is 2.71. The number of imide groups is 1. The van der Waals surface area contributed by atoms with Crippen molar-refractivity contribution in [1.29, 1.82) is 0 Å². The average molecular weight is 546 g/mol. The van der Waals surface area contributed by atoms with Crippen LogP contribution in [0.4, 0.5) is 5.69 Å². The molecule has 1 atom stereocenters. The molecule has 1 unspecified atom stereocenters. The highest BCUT2D eigenvalue weighted by Gasteiger charge is 2.44. The average Bonchev–Trinajstić information content (AvgIpc) is 3.43. The van der Waals surface area contributed by atoms with E-state index in [0.29, 0.717) is 12.1 Å². The number of amides is 3. The molecular formula is C23H20BrN3O6S. The Kier molecular flexibility index (Phi) is 6.69. The first kappa shape index (κ1) is 23.9. The number of sulfonamides is 1. The fourth-order valence-electron chi connectivity index (χ4n) is 3.76. The van der Waals surface area contributed by atoms with Crippen LogP contribution in [0.5, 0.6) is 0 Å².